The molecule has 3 heteroatoms. The van der Waals surface area contributed by atoms with E-state index in [0.29, 0.717) is 0 Å². The highest BCUT2D eigenvalue weighted by molar-refractivity contribution is 6.00. The van der Waals surface area contributed by atoms with E-state index in [1.165, 1.54) is 0 Å². The van der Waals surface area contributed by atoms with Crippen LogP contribution in [0.15, 0.2) is 29.4 Å². The Hall–Kier alpha value is -1.51. The Morgan fingerprint density at radius 1 is 1.36 bits per heavy atom. The van der Waals surface area contributed by atoms with E-state index in [1.54, 1.807) is 7.11 Å². The summed E-state index contributed by atoms with van der Waals surface area (Å²) in [6.07, 6.45) is 1.74. The average Bonchev–Trinajstić information content (AvgIpc) is 2.26. The molecule has 0 amide bonds. The molecule has 0 radical (unpaired) electrons. The second kappa shape index (κ2) is 5.27. The van der Waals surface area contributed by atoms with Gasteiger partial charge in [0.05, 0.1) is 12.8 Å². The largest absolute Gasteiger partial charge is 0.497 e. The van der Waals surface area contributed by atoms with Crippen molar-refractivity contribution in [2.45, 2.75) is 19.8 Å². The van der Waals surface area contributed by atoms with Crippen molar-refractivity contribution < 1.29 is 9.94 Å². The summed E-state index contributed by atoms with van der Waals surface area (Å²) in [5.41, 5.74) is 1.66. The van der Waals surface area contributed by atoms with Crippen LogP contribution in [0.25, 0.3) is 0 Å². The molecule has 0 fully saturated rings. The summed E-state index contributed by atoms with van der Waals surface area (Å²) in [6.45, 7) is 2.05. The summed E-state index contributed by atoms with van der Waals surface area (Å²) in [6, 6.07) is 7.50. The second-order valence-corrected chi connectivity index (χ2v) is 3.03. The Kier molecular flexibility index (Phi) is 3.98. The standard InChI is InChI=1S/C11H15NO2/c1-3-4-11(12-13)9-5-7-10(14-2)8-6-9/h5-8,13H,3-4H2,1-2H3/b12-11-. The molecular formula is C11H15NO2. The third kappa shape index (κ3) is 2.49. The number of nitrogens with zero attached hydrogens (tertiary/aromatic N) is 1. The fourth-order valence-corrected chi connectivity index (χ4v) is 1.27. The topological polar surface area (TPSA) is 41.8 Å². The predicted molar refractivity (Wildman–Crippen MR) is 56.2 cm³/mol. The molecule has 0 aromatic heterocycles. The number of hydrogen-bond acceptors (Lipinski definition) is 3. The molecule has 1 rings (SSSR count). The zero-order chi connectivity index (χ0) is 10.4. The maximum Gasteiger partial charge on any atom is 0.118 e. The molecule has 0 spiro atoms. The lowest BCUT2D eigenvalue weighted by molar-refractivity contribution is 0.318. The van der Waals surface area contributed by atoms with Gasteiger partial charge < -0.3 is 9.94 Å². The van der Waals surface area contributed by atoms with Crippen LogP contribution >= 0.6 is 0 Å². The summed E-state index contributed by atoms with van der Waals surface area (Å²) >= 11 is 0. The summed E-state index contributed by atoms with van der Waals surface area (Å²) in [7, 11) is 1.63. The Labute approximate surface area is 84.0 Å². The number of methoxy groups -OCH3 is 1. The zero-order valence-corrected chi connectivity index (χ0v) is 8.53. The van der Waals surface area contributed by atoms with Gasteiger partial charge in [0, 0.05) is 0 Å². The van der Waals surface area contributed by atoms with Crippen molar-refractivity contribution in [2.75, 3.05) is 7.11 Å². The summed E-state index contributed by atoms with van der Waals surface area (Å²) in [5, 5.41) is 12.1. The first-order valence-electron chi connectivity index (χ1n) is 4.67. The maximum absolute atomic E-state index is 8.79. The van der Waals surface area contributed by atoms with Gasteiger partial charge in [-0.2, -0.15) is 0 Å². The molecule has 0 saturated carbocycles. The molecule has 14 heavy (non-hydrogen) atoms. The third-order valence-corrected chi connectivity index (χ3v) is 2.03. The molecule has 0 aliphatic heterocycles. The van der Waals surface area contributed by atoms with Crippen molar-refractivity contribution in [2.24, 2.45) is 5.16 Å². The molecule has 1 aromatic carbocycles. The van der Waals surface area contributed by atoms with Gasteiger partial charge in [0.25, 0.3) is 0 Å². The van der Waals surface area contributed by atoms with E-state index < -0.39 is 0 Å². The van der Waals surface area contributed by atoms with E-state index in [4.69, 9.17) is 9.94 Å². The molecule has 76 valence electrons. The number of benzene rings is 1. The van der Waals surface area contributed by atoms with Crippen LogP contribution in [0.3, 0.4) is 0 Å². The van der Waals surface area contributed by atoms with E-state index in [2.05, 4.69) is 12.1 Å². The highest BCUT2D eigenvalue weighted by Crippen LogP contribution is 2.13. The molecule has 0 aliphatic carbocycles. The van der Waals surface area contributed by atoms with E-state index in [0.717, 1.165) is 29.9 Å². The van der Waals surface area contributed by atoms with Crippen LogP contribution in [0.1, 0.15) is 25.3 Å². The SMILES string of the molecule is CCC/C(=N/O)c1ccc(OC)cc1. The first kappa shape index (κ1) is 10.6. The minimum atomic E-state index is 0.718. The molecule has 0 heterocycles. The Bertz CT molecular complexity index is 304. The van der Waals surface area contributed by atoms with Gasteiger partial charge in [-0.1, -0.05) is 18.5 Å². The maximum atomic E-state index is 8.79. The molecule has 0 atom stereocenters. The van der Waals surface area contributed by atoms with Crippen LogP contribution in [0.5, 0.6) is 5.75 Å². The fourth-order valence-electron chi connectivity index (χ4n) is 1.27. The van der Waals surface area contributed by atoms with Crippen LogP contribution < -0.4 is 4.74 Å². The Balaban J connectivity index is 2.84. The molecule has 1 aromatic rings. The lowest BCUT2D eigenvalue weighted by Gasteiger charge is -2.04. The Morgan fingerprint density at radius 3 is 2.43 bits per heavy atom. The van der Waals surface area contributed by atoms with E-state index >= 15 is 0 Å². The fraction of sp³-hybridized carbons (Fsp3) is 0.364. The quantitative estimate of drug-likeness (QED) is 0.454. The normalized spacial score (nSPS) is 11.4. The van der Waals surface area contributed by atoms with Crippen molar-refractivity contribution in [1.29, 1.82) is 0 Å². The minimum Gasteiger partial charge on any atom is -0.497 e. The molecule has 0 unspecified atom stereocenters. The van der Waals surface area contributed by atoms with E-state index in [1.807, 2.05) is 24.3 Å². The van der Waals surface area contributed by atoms with Gasteiger partial charge >= 0.3 is 0 Å². The van der Waals surface area contributed by atoms with Crippen molar-refractivity contribution in [3.63, 3.8) is 0 Å². The lowest BCUT2D eigenvalue weighted by Crippen LogP contribution is -2.00. The van der Waals surface area contributed by atoms with Gasteiger partial charge in [-0.25, -0.2) is 0 Å². The first-order chi connectivity index (χ1) is 6.81. The van der Waals surface area contributed by atoms with Gasteiger partial charge in [0.15, 0.2) is 0 Å². The highest BCUT2D eigenvalue weighted by atomic mass is 16.5. The van der Waals surface area contributed by atoms with Crippen LogP contribution in [-0.2, 0) is 0 Å². The van der Waals surface area contributed by atoms with E-state index in [9.17, 15) is 0 Å². The van der Waals surface area contributed by atoms with Gasteiger partial charge in [-0.15, -0.1) is 0 Å². The van der Waals surface area contributed by atoms with Gasteiger partial charge in [-0.3, -0.25) is 0 Å². The number of ether oxygens (including phenoxy) is 1. The number of oxime groups is 1. The molecule has 0 saturated heterocycles. The number of hydrogen-bond donors (Lipinski definition) is 1. The molecule has 0 bridgehead atoms. The van der Waals surface area contributed by atoms with Crippen molar-refractivity contribution in [3.05, 3.63) is 29.8 Å². The average molecular weight is 193 g/mol. The summed E-state index contributed by atoms with van der Waals surface area (Å²) in [5.74, 6) is 0.808. The molecule has 0 aliphatic rings. The summed E-state index contributed by atoms with van der Waals surface area (Å²) in [4.78, 5) is 0. The van der Waals surface area contributed by atoms with Gasteiger partial charge in [0.1, 0.15) is 5.75 Å². The lowest BCUT2D eigenvalue weighted by atomic mass is 10.1. The number of rotatable bonds is 4. The van der Waals surface area contributed by atoms with Crippen molar-refractivity contribution >= 4 is 5.71 Å². The molecule has 3 nitrogen and oxygen atoms in total. The highest BCUT2D eigenvalue weighted by Gasteiger charge is 2.02. The molecule has 1 N–H and O–H groups in total. The predicted octanol–water partition coefficient (Wildman–Crippen LogP) is 2.67. The monoisotopic (exact) mass is 193 g/mol. The van der Waals surface area contributed by atoms with E-state index in [-0.39, 0.29) is 0 Å². The van der Waals surface area contributed by atoms with Crippen LogP contribution in [0.4, 0.5) is 0 Å². The van der Waals surface area contributed by atoms with Crippen molar-refractivity contribution in [1.82, 2.24) is 0 Å². The van der Waals surface area contributed by atoms with Gasteiger partial charge in [0.2, 0.25) is 0 Å². The summed E-state index contributed by atoms with van der Waals surface area (Å²) < 4.78 is 5.04. The third-order valence-electron chi connectivity index (χ3n) is 2.03. The minimum absolute atomic E-state index is 0.718. The van der Waals surface area contributed by atoms with Crippen LogP contribution in [0.2, 0.25) is 0 Å². The van der Waals surface area contributed by atoms with Gasteiger partial charge in [-0.05, 0) is 36.2 Å². The first-order valence-corrected chi connectivity index (χ1v) is 4.67. The van der Waals surface area contributed by atoms with Crippen LogP contribution in [-0.4, -0.2) is 18.0 Å². The smallest absolute Gasteiger partial charge is 0.118 e. The zero-order valence-electron chi connectivity index (χ0n) is 8.53. The Morgan fingerprint density at radius 2 is 2.00 bits per heavy atom. The molecular weight excluding hydrogens is 178 g/mol. The van der Waals surface area contributed by atoms with Crippen LogP contribution in [0, 0.1) is 0 Å². The van der Waals surface area contributed by atoms with Crippen molar-refractivity contribution in [3.8, 4) is 5.75 Å². The second-order valence-electron chi connectivity index (χ2n) is 3.03.